The number of hydrogen-bond donors (Lipinski definition) is 3. The Kier molecular flexibility index (Phi) is 9.71. The summed E-state index contributed by atoms with van der Waals surface area (Å²) in [6.07, 6.45) is 3.27. The first-order chi connectivity index (χ1) is 27.9. The number of aliphatic hydroxyl groups excluding tert-OH is 1. The summed E-state index contributed by atoms with van der Waals surface area (Å²) in [4.78, 5) is 37.4. The average Bonchev–Trinajstić information content (AvgIpc) is 3.94. The van der Waals surface area contributed by atoms with E-state index in [1.807, 2.05) is 81.9 Å². The van der Waals surface area contributed by atoms with Gasteiger partial charge in [-0.15, -0.1) is 26.6 Å². The zero-order valence-electron chi connectivity index (χ0n) is 33.0. The molecule has 5 heterocycles. The number of anilines is 1. The molecule has 3 aromatic heterocycles. The highest BCUT2D eigenvalue weighted by Gasteiger charge is 2.53. The molecule has 1 saturated carbocycles. The number of likely N-dealkylation sites (tertiary alicyclic amines) is 1. The predicted octanol–water partition coefficient (Wildman–Crippen LogP) is 6.45. The lowest BCUT2D eigenvalue weighted by Gasteiger charge is -2.59. The van der Waals surface area contributed by atoms with Crippen molar-refractivity contribution in [2.75, 3.05) is 24.5 Å². The number of benzene rings is 3. The second-order valence-corrected chi connectivity index (χ2v) is 17.6. The number of nitrogens with zero attached hydrogens (tertiary/aromatic N) is 8. The highest BCUT2D eigenvalue weighted by molar-refractivity contribution is 7.13. The smallest absolute Gasteiger partial charge is 0.248 e. The number of amides is 2. The van der Waals surface area contributed by atoms with Gasteiger partial charge in [-0.3, -0.25) is 9.59 Å². The van der Waals surface area contributed by atoms with Crippen LogP contribution in [-0.2, 0) is 9.59 Å². The van der Waals surface area contributed by atoms with Crippen molar-refractivity contribution in [3.63, 3.8) is 0 Å². The van der Waals surface area contributed by atoms with E-state index in [1.165, 1.54) is 4.90 Å². The number of carbonyl (C=O) groups excluding carboxylic acids is 2. The normalized spacial score (nSPS) is 20.0. The van der Waals surface area contributed by atoms with Crippen LogP contribution < -0.4 is 10.2 Å². The van der Waals surface area contributed by atoms with Crippen LogP contribution in [0.2, 0.25) is 0 Å². The standard InChI is InChI=1S/C44H47N9O4S/c1-25(2)40(43(57)52-20-33(54)17-38(52)42(56)46-26(3)28-9-11-29(12-10-28)41-27(4)45-24-58-41)53-21-37(49-50-53)31-18-44(19-31)22-51(23-44)32-14-13-30-15-36(48-47-35(30)16-32)34-7-5-6-8-39(34)55/h5-16,21,24-26,31,33,38,40,54-55H,17-20,22-23H2,1-4H3,(H,46,56)/t26?,33-,38+,40?/m1/s1. The van der Waals surface area contributed by atoms with Crippen LogP contribution in [0.15, 0.2) is 84.5 Å². The zero-order valence-corrected chi connectivity index (χ0v) is 33.8. The van der Waals surface area contributed by atoms with Gasteiger partial charge >= 0.3 is 0 Å². The molecule has 4 atom stereocenters. The molecule has 2 aliphatic heterocycles. The second-order valence-electron chi connectivity index (χ2n) is 16.8. The van der Waals surface area contributed by atoms with Crippen LogP contribution in [0.25, 0.3) is 32.6 Å². The molecule has 9 rings (SSSR count). The van der Waals surface area contributed by atoms with Gasteiger partial charge in [-0.25, -0.2) is 9.67 Å². The molecule has 2 unspecified atom stereocenters. The Hall–Kier alpha value is -5.73. The lowest BCUT2D eigenvalue weighted by Crippen LogP contribution is -2.62. The summed E-state index contributed by atoms with van der Waals surface area (Å²) in [5, 5.41) is 42.9. The van der Waals surface area contributed by atoms with Crippen molar-refractivity contribution >= 4 is 39.7 Å². The van der Waals surface area contributed by atoms with Gasteiger partial charge in [-0.05, 0) is 74.1 Å². The fourth-order valence-electron chi connectivity index (χ4n) is 9.13. The zero-order chi connectivity index (χ0) is 40.3. The van der Waals surface area contributed by atoms with Crippen molar-refractivity contribution in [3.05, 3.63) is 101 Å². The summed E-state index contributed by atoms with van der Waals surface area (Å²) in [7, 11) is 0. The van der Waals surface area contributed by atoms with Gasteiger partial charge in [0.1, 0.15) is 17.8 Å². The number of aliphatic hydroxyl groups is 1. The molecule has 298 valence electrons. The van der Waals surface area contributed by atoms with Gasteiger partial charge < -0.3 is 25.3 Å². The molecular weight excluding hydrogens is 751 g/mol. The largest absolute Gasteiger partial charge is 0.507 e. The number of phenols is 1. The maximum Gasteiger partial charge on any atom is 0.248 e. The third kappa shape index (κ3) is 6.98. The van der Waals surface area contributed by atoms with Gasteiger partial charge in [0.15, 0.2) is 0 Å². The highest BCUT2D eigenvalue weighted by Crippen LogP contribution is 2.56. The molecular formula is C44H47N9O4S. The van der Waals surface area contributed by atoms with Crippen LogP contribution in [0.3, 0.4) is 0 Å². The number of thiazole rings is 1. The number of nitrogens with one attached hydrogen (secondary N) is 1. The molecule has 1 spiro atoms. The summed E-state index contributed by atoms with van der Waals surface area (Å²) in [5.41, 5.74) is 9.15. The minimum absolute atomic E-state index is 0.0870. The first kappa shape index (κ1) is 37.8. The number of phenolic OH excluding ortho intramolecular Hbond substituents is 1. The van der Waals surface area contributed by atoms with Gasteiger partial charge in [-0.1, -0.05) is 61.5 Å². The van der Waals surface area contributed by atoms with E-state index in [1.54, 1.807) is 28.2 Å². The second kappa shape index (κ2) is 14.9. The fourth-order valence-corrected chi connectivity index (χ4v) is 9.94. The molecule has 3 aromatic carbocycles. The van der Waals surface area contributed by atoms with Gasteiger partial charge in [-0.2, -0.15) is 0 Å². The average molecular weight is 798 g/mol. The van der Waals surface area contributed by atoms with E-state index in [4.69, 9.17) is 0 Å². The molecule has 2 amide bonds. The van der Waals surface area contributed by atoms with E-state index in [-0.39, 0.29) is 53.8 Å². The topological polar surface area (TPSA) is 162 Å². The monoisotopic (exact) mass is 797 g/mol. The van der Waals surface area contributed by atoms with E-state index < -0.39 is 18.2 Å². The van der Waals surface area contributed by atoms with Gasteiger partial charge in [0.25, 0.3) is 0 Å². The van der Waals surface area contributed by atoms with Crippen LogP contribution in [0.4, 0.5) is 5.69 Å². The predicted molar refractivity (Wildman–Crippen MR) is 222 cm³/mol. The van der Waals surface area contributed by atoms with Gasteiger partial charge in [0.2, 0.25) is 11.8 Å². The minimum Gasteiger partial charge on any atom is -0.507 e. The highest BCUT2D eigenvalue weighted by atomic mass is 32.1. The molecule has 3 N–H and O–H groups in total. The third-order valence-electron chi connectivity index (χ3n) is 12.3. The molecule has 3 aliphatic rings. The number of para-hydroxylation sites is 1. The lowest BCUT2D eigenvalue weighted by atomic mass is 9.57. The molecule has 14 heteroatoms. The number of aryl methyl sites for hydroxylation is 1. The van der Waals surface area contributed by atoms with Crippen LogP contribution in [-0.4, -0.2) is 88.9 Å². The summed E-state index contributed by atoms with van der Waals surface area (Å²) in [5.74, 6) is -0.222. The number of fused-ring (bicyclic) bond motifs is 1. The molecule has 0 radical (unpaired) electrons. The lowest BCUT2D eigenvalue weighted by molar-refractivity contribution is -0.142. The van der Waals surface area contributed by atoms with Crippen molar-refractivity contribution in [2.24, 2.45) is 11.3 Å². The molecule has 0 bridgehead atoms. The van der Waals surface area contributed by atoms with Crippen LogP contribution >= 0.6 is 11.3 Å². The number of β-amino-alcohol motifs (C(OH)–C–C–N with tert-alkyl or cyclic N) is 1. The molecule has 3 fully saturated rings. The fraction of sp³-hybridized carbons (Fsp3) is 0.386. The number of rotatable bonds is 10. The van der Waals surface area contributed by atoms with E-state index >= 15 is 0 Å². The Bertz CT molecular complexity index is 2490. The first-order valence-corrected chi connectivity index (χ1v) is 20.8. The van der Waals surface area contributed by atoms with E-state index in [9.17, 15) is 19.8 Å². The maximum absolute atomic E-state index is 14.3. The summed E-state index contributed by atoms with van der Waals surface area (Å²) in [6.45, 7) is 9.83. The summed E-state index contributed by atoms with van der Waals surface area (Å²) in [6, 6.07) is 21.7. The number of hydrogen-bond acceptors (Lipinski definition) is 11. The van der Waals surface area contributed by atoms with Crippen LogP contribution in [0, 0.1) is 18.3 Å². The minimum atomic E-state index is -0.797. The molecule has 2 saturated heterocycles. The summed E-state index contributed by atoms with van der Waals surface area (Å²) < 4.78 is 1.66. The maximum atomic E-state index is 14.3. The Labute approximate surface area is 340 Å². The first-order valence-electron chi connectivity index (χ1n) is 20.0. The van der Waals surface area contributed by atoms with Gasteiger partial charge in [0, 0.05) is 60.2 Å². The van der Waals surface area contributed by atoms with Crippen LogP contribution in [0.5, 0.6) is 5.75 Å². The van der Waals surface area contributed by atoms with Crippen molar-refractivity contribution < 1.29 is 19.8 Å². The van der Waals surface area contributed by atoms with Crippen molar-refractivity contribution in [1.82, 2.24) is 40.4 Å². The Balaban J connectivity index is 0.816. The van der Waals surface area contributed by atoms with Gasteiger partial charge in [0.05, 0.1) is 45.1 Å². The Morgan fingerprint density at radius 2 is 1.74 bits per heavy atom. The Morgan fingerprint density at radius 3 is 2.47 bits per heavy atom. The Morgan fingerprint density at radius 1 is 0.966 bits per heavy atom. The van der Waals surface area contributed by atoms with E-state index in [0.717, 1.165) is 69.9 Å². The third-order valence-corrected chi connectivity index (χ3v) is 13.3. The van der Waals surface area contributed by atoms with Crippen molar-refractivity contribution in [3.8, 4) is 27.4 Å². The van der Waals surface area contributed by atoms with E-state index in [2.05, 4.69) is 53.9 Å². The van der Waals surface area contributed by atoms with Crippen molar-refractivity contribution in [2.45, 2.75) is 77.1 Å². The van der Waals surface area contributed by atoms with Crippen molar-refractivity contribution in [1.29, 1.82) is 0 Å². The number of aromatic hydroxyl groups is 1. The quantitative estimate of drug-likeness (QED) is 0.141. The molecule has 1 aliphatic carbocycles. The molecule has 13 nitrogen and oxygen atoms in total. The SMILES string of the molecule is Cc1ncsc1-c1ccc(C(C)NC(=O)[C@@H]2C[C@@H](O)CN2C(=O)C(C(C)C)n2cc(C3CC4(C3)CN(c3ccc5cc(-c6ccccc6O)nnc5c3)C4)nn2)cc1. The summed E-state index contributed by atoms with van der Waals surface area (Å²) >= 11 is 1.60. The molecule has 6 aromatic rings. The number of carbonyl (C=O) groups is 2. The van der Waals surface area contributed by atoms with E-state index in [0.29, 0.717) is 11.3 Å². The number of aromatic nitrogens is 6. The van der Waals surface area contributed by atoms with Crippen LogP contribution in [0.1, 0.15) is 75.0 Å². The molecule has 58 heavy (non-hydrogen) atoms.